The highest BCUT2D eigenvalue weighted by atomic mass is 32.2. The van der Waals surface area contributed by atoms with Gasteiger partial charge in [-0.05, 0) is 13.8 Å². The maximum absolute atomic E-state index is 10.6. The van der Waals surface area contributed by atoms with Crippen LogP contribution in [0.1, 0.15) is 20.8 Å². The first kappa shape index (κ1) is 11.4. The summed E-state index contributed by atoms with van der Waals surface area (Å²) < 4.78 is 29.4. The third kappa shape index (κ3) is 6.11. The van der Waals surface area contributed by atoms with Crippen molar-refractivity contribution in [2.45, 2.75) is 26.3 Å². The largest absolute Gasteiger partial charge is 0.350 e. The normalized spacial score (nSPS) is 12.7. The molecule has 0 heterocycles. The van der Waals surface area contributed by atoms with Gasteiger partial charge >= 0.3 is 0 Å². The second-order valence-electron chi connectivity index (χ2n) is 3.29. The molecule has 0 saturated heterocycles. The van der Waals surface area contributed by atoms with Gasteiger partial charge in [0.15, 0.2) is 0 Å². The highest BCUT2D eigenvalue weighted by Gasteiger charge is 2.25. The number of hydrogen-bond acceptors (Lipinski definition) is 3. The number of nitrogens with one attached hydrogen (secondary N) is 1. The van der Waals surface area contributed by atoms with Crippen LogP contribution in [0.4, 0.5) is 0 Å². The molecule has 2 N–H and O–H groups in total. The average Bonchev–Trinajstić information content (AvgIpc) is 1.48. The van der Waals surface area contributed by atoms with Crippen LogP contribution in [0.25, 0.3) is 0 Å². The van der Waals surface area contributed by atoms with E-state index in [1.165, 1.54) is 20.8 Å². The van der Waals surface area contributed by atoms with Crippen LogP contribution in [0.15, 0.2) is 0 Å². The van der Waals surface area contributed by atoms with Crippen molar-refractivity contribution in [3.63, 3.8) is 0 Å². The molecule has 0 radical (unpaired) electrons. The van der Waals surface area contributed by atoms with Crippen molar-refractivity contribution < 1.29 is 17.8 Å². The SMILES string of the molecule is CC(=O)NC(C)(C)CS(=O)(=O)O. The molecular formula is C6H13NO4S. The lowest BCUT2D eigenvalue weighted by Gasteiger charge is -2.23. The van der Waals surface area contributed by atoms with E-state index in [9.17, 15) is 13.2 Å². The molecule has 6 heteroatoms. The van der Waals surface area contributed by atoms with E-state index in [-0.39, 0.29) is 5.91 Å². The van der Waals surface area contributed by atoms with Gasteiger partial charge in [-0.3, -0.25) is 9.35 Å². The molecule has 0 unspecified atom stereocenters. The van der Waals surface area contributed by atoms with Crippen molar-refractivity contribution in [1.82, 2.24) is 5.32 Å². The molecule has 0 aliphatic heterocycles. The van der Waals surface area contributed by atoms with Gasteiger partial charge in [-0.25, -0.2) is 0 Å². The predicted octanol–water partition coefficient (Wildman–Crippen LogP) is -0.211. The molecule has 12 heavy (non-hydrogen) atoms. The molecule has 0 bridgehead atoms. The third-order valence-electron chi connectivity index (χ3n) is 1.06. The smallest absolute Gasteiger partial charge is 0.267 e. The summed E-state index contributed by atoms with van der Waals surface area (Å²) in [6.07, 6.45) is 0. The van der Waals surface area contributed by atoms with Gasteiger partial charge in [0, 0.05) is 6.92 Å². The maximum Gasteiger partial charge on any atom is 0.267 e. The highest BCUT2D eigenvalue weighted by molar-refractivity contribution is 7.85. The molecular weight excluding hydrogens is 182 g/mol. The molecule has 0 aromatic carbocycles. The van der Waals surface area contributed by atoms with Gasteiger partial charge in [0.2, 0.25) is 5.91 Å². The Morgan fingerprint density at radius 3 is 2.17 bits per heavy atom. The Hall–Kier alpha value is -0.620. The fourth-order valence-corrected chi connectivity index (χ4v) is 1.95. The summed E-state index contributed by atoms with van der Waals surface area (Å²) in [5.74, 6) is -0.816. The zero-order chi connectivity index (χ0) is 9.99. The number of hydrogen-bond donors (Lipinski definition) is 2. The number of carbonyl (C=O) groups is 1. The van der Waals surface area contributed by atoms with Crippen LogP contribution in [0.3, 0.4) is 0 Å². The van der Waals surface area contributed by atoms with Crippen LogP contribution >= 0.6 is 0 Å². The Kier molecular flexibility index (Phi) is 3.23. The lowest BCUT2D eigenvalue weighted by Crippen LogP contribution is -2.47. The quantitative estimate of drug-likeness (QED) is 0.610. The van der Waals surface area contributed by atoms with Crippen molar-refractivity contribution in [3.8, 4) is 0 Å². The molecule has 5 nitrogen and oxygen atoms in total. The number of rotatable bonds is 3. The molecule has 0 atom stereocenters. The molecule has 72 valence electrons. The lowest BCUT2D eigenvalue weighted by molar-refractivity contribution is -0.120. The van der Waals surface area contributed by atoms with Crippen molar-refractivity contribution in [2.24, 2.45) is 0 Å². The van der Waals surface area contributed by atoms with E-state index in [0.717, 1.165) is 0 Å². The van der Waals surface area contributed by atoms with E-state index in [1.54, 1.807) is 0 Å². The third-order valence-corrected chi connectivity index (χ3v) is 2.14. The van der Waals surface area contributed by atoms with Gasteiger partial charge in [-0.15, -0.1) is 0 Å². The summed E-state index contributed by atoms with van der Waals surface area (Å²) in [5, 5.41) is 2.40. The lowest BCUT2D eigenvalue weighted by atomic mass is 10.1. The van der Waals surface area contributed by atoms with Crippen LogP contribution in [0.2, 0.25) is 0 Å². The van der Waals surface area contributed by atoms with Gasteiger partial charge in [-0.1, -0.05) is 0 Å². The minimum atomic E-state index is -4.04. The molecule has 0 rings (SSSR count). The molecule has 0 fully saturated rings. The molecule has 0 aliphatic rings. The minimum absolute atomic E-state index is 0.330. The zero-order valence-corrected chi connectivity index (χ0v) is 8.10. The first-order chi connectivity index (χ1) is 5.12. The first-order valence-corrected chi connectivity index (χ1v) is 4.97. The minimum Gasteiger partial charge on any atom is -0.350 e. The molecule has 0 aliphatic carbocycles. The van der Waals surface area contributed by atoms with Gasteiger partial charge in [0.05, 0.1) is 11.3 Å². The maximum atomic E-state index is 10.6. The van der Waals surface area contributed by atoms with Crippen molar-refractivity contribution in [1.29, 1.82) is 0 Å². The number of carbonyl (C=O) groups excluding carboxylic acids is 1. The van der Waals surface area contributed by atoms with E-state index < -0.39 is 21.4 Å². The van der Waals surface area contributed by atoms with Crippen LogP contribution in [-0.2, 0) is 14.9 Å². The van der Waals surface area contributed by atoms with E-state index >= 15 is 0 Å². The standard InChI is InChI=1S/C6H13NO4S/c1-5(8)7-6(2,3)4-12(9,10)11/h4H2,1-3H3,(H,7,8)(H,9,10,11). The Morgan fingerprint density at radius 1 is 1.50 bits per heavy atom. The van der Waals surface area contributed by atoms with Crippen LogP contribution in [0.5, 0.6) is 0 Å². The summed E-state index contributed by atoms with van der Waals surface area (Å²) in [6.45, 7) is 4.32. The summed E-state index contributed by atoms with van der Waals surface area (Å²) in [4.78, 5) is 10.6. The summed E-state index contributed by atoms with van der Waals surface area (Å²) in [6, 6.07) is 0. The van der Waals surface area contributed by atoms with Gasteiger partial charge in [0.1, 0.15) is 0 Å². The predicted molar refractivity (Wildman–Crippen MR) is 44.3 cm³/mol. The van der Waals surface area contributed by atoms with E-state index in [4.69, 9.17) is 4.55 Å². The Morgan fingerprint density at radius 2 is 1.92 bits per heavy atom. The Balaban J connectivity index is 4.33. The van der Waals surface area contributed by atoms with Crippen molar-refractivity contribution in [2.75, 3.05) is 5.75 Å². The molecule has 0 spiro atoms. The zero-order valence-electron chi connectivity index (χ0n) is 7.29. The van der Waals surface area contributed by atoms with E-state index in [1.807, 2.05) is 0 Å². The average molecular weight is 195 g/mol. The summed E-state index contributed by atoms with van der Waals surface area (Å²) in [7, 11) is -4.04. The van der Waals surface area contributed by atoms with E-state index in [2.05, 4.69) is 5.32 Å². The monoisotopic (exact) mass is 195 g/mol. The van der Waals surface area contributed by atoms with Crippen molar-refractivity contribution in [3.05, 3.63) is 0 Å². The Bertz CT molecular complexity index is 267. The first-order valence-electron chi connectivity index (χ1n) is 3.36. The highest BCUT2D eigenvalue weighted by Crippen LogP contribution is 2.04. The summed E-state index contributed by atoms with van der Waals surface area (Å²) >= 11 is 0. The van der Waals surface area contributed by atoms with Gasteiger partial charge in [0.25, 0.3) is 10.1 Å². The molecule has 0 aromatic rings. The van der Waals surface area contributed by atoms with Crippen LogP contribution in [-0.4, -0.2) is 30.2 Å². The van der Waals surface area contributed by atoms with Crippen LogP contribution in [0, 0.1) is 0 Å². The molecule has 1 amide bonds. The summed E-state index contributed by atoms with van der Waals surface area (Å²) in [5.41, 5.74) is -0.931. The number of amides is 1. The van der Waals surface area contributed by atoms with Gasteiger partial charge in [-0.2, -0.15) is 8.42 Å². The van der Waals surface area contributed by atoms with Crippen molar-refractivity contribution >= 4 is 16.0 Å². The molecule has 0 saturated carbocycles. The second-order valence-corrected chi connectivity index (χ2v) is 4.74. The fraction of sp³-hybridized carbons (Fsp3) is 0.833. The Labute approximate surface area is 71.9 Å². The van der Waals surface area contributed by atoms with E-state index in [0.29, 0.717) is 0 Å². The topological polar surface area (TPSA) is 83.5 Å². The second kappa shape index (κ2) is 3.40. The fourth-order valence-electron chi connectivity index (χ4n) is 0.969. The molecule has 0 aromatic heterocycles. The van der Waals surface area contributed by atoms with Crippen LogP contribution < -0.4 is 5.32 Å². The van der Waals surface area contributed by atoms with Gasteiger partial charge < -0.3 is 5.32 Å².